The molecular formula is C24H21FN2O4. The van der Waals surface area contributed by atoms with Crippen molar-refractivity contribution in [2.75, 3.05) is 7.11 Å². The summed E-state index contributed by atoms with van der Waals surface area (Å²) in [7, 11) is 1.63. The minimum atomic E-state index is -1.39. The number of carbonyl (C=O) groups is 2. The number of methoxy groups -OCH3 is 1. The number of carbonyl (C=O) groups excluding carboxylic acids is 1. The van der Waals surface area contributed by atoms with Crippen molar-refractivity contribution in [3.8, 4) is 11.1 Å². The lowest BCUT2D eigenvalue weighted by molar-refractivity contribution is 0.0691. The molecule has 1 amide bonds. The van der Waals surface area contributed by atoms with Crippen molar-refractivity contribution < 1.29 is 23.8 Å². The average Bonchev–Trinajstić information content (AvgIpc) is 2.74. The number of rotatable bonds is 6. The van der Waals surface area contributed by atoms with Crippen molar-refractivity contribution >= 4 is 17.7 Å². The van der Waals surface area contributed by atoms with Crippen molar-refractivity contribution in [2.24, 2.45) is 10.7 Å². The molecule has 31 heavy (non-hydrogen) atoms. The number of benzene rings is 3. The molecule has 0 spiro atoms. The van der Waals surface area contributed by atoms with Crippen LogP contribution >= 0.6 is 0 Å². The summed E-state index contributed by atoms with van der Waals surface area (Å²) in [6, 6.07) is 16.4. The topological polar surface area (TPSA) is 102 Å². The zero-order valence-electron chi connectivity index (χ0n) is 17.1. The molecule has 0 aromatic heterocycles. The summed E-state index contributed by atoms with van der Waals surface area (Å²) in [5.41, 5.74) is 9.69. The molecule has 7 heteroatoms. The van der Waals surface area contributed by atoms with Crippen LogP contribution in [0.1, 0.15) is 37.4 Å². The van der Waals surface area contributed by atoms with Gasteiger partial charge >= 0.3 is 5.97 Å². The van der Waals surface area contributed by atoms with Gasteiger partial charge in [-0.15, -0.1) is 0 Å². The van der Waals surface area contributed by atoms with Gasteiger partial charge in [-0.1, -0.05) is 36.4 Å². The number of amidine groups is 1. The van der Waals surface area contributed by atoms with Crippen molar-refractivity contribution in [3.05, 3.63) is 94.3 Å². The van der Waals surface area contributed by atoms with E-state index in [0.29, 0.717) is 12.2 Å². The van der Waals surface area contributed by atoms with Crippen LogP contribution in [0.4, 0.5) is 4.39 Å². The Morgan fingerprint density at radius 3 is 2.39 bits per heavy atom. The van der Waals surface area contributed by atoms with E-state index in [1.165, 1.54) is 6.07 Å². The number of ether oxygens (including phenoxy) is 1. The number of carboxylic acids is 1. The maximum atomic E-state index is 13.9. The lowest BCUT2D eigenvalue weighted by Gasteiger charge is -2.12. The Hall–Kier alpha value is -3.84. The van der Waals surface area contributed by atoms with E-state index in [1.807, 2.05) is 37.3 Å². The Morgan fingerprint density at radius 2 is 1.74 bits per heavy atom. The highest BCUT2D eigenvalue weighted by Gasteiger charge is 2.14. The molecule has 6 nitrogen and oxygen atoms in total. The van der Waals surface area contributed by atoms with Crippen molar-refractivity contribution in [2.45, 2.75) is 13.5 Å². The molecule has 0 aliphatic heterocycles. The minimum Gasteiger partial charge on any atom is -0.478 e. The van der Waals surface area contributed by atoms with E-state index in [4.69, 9.17) is 15.6 Å². The second kappa shape index (κ2) is 9.32. The van der Waals surface area contributed by atoms with Crippen LogP contribution in [0.5, 0.6) is 0 Å². The second-order valence-electron chi connectivity index (χ2n) is 6.92. The molecular weight excluding hydrogens is 399 g/mol. The average molecular weight is 420 g/mol. The standard InChI is InChI=1S/C24H21FN2O4/c1-14-11-16(8-9-18(14)19-6-4-3-5-17(19)13-31-2)23(28)27-22(26)15-7-10-20(24(29)30)21(25)12-15/h3-12H,13H2,1-2H3,(H,29,30)(H2,26,27,28). The first kappa shape index (κ1) is 21.9. The first-order valence-corrected chi connectivity index (χ1v) is 9.41. The van der Waals surface area contributed by atoms with Crippen molar-refractivity contribution in [3.63, 3.8) is 0 Å². The quantitative estimate of drug-likeness (QED) is 0.460. The van der Waals surface area contributed by atoms with E-state index in [9.17, 15) is 14.0 Å². The van der Waals surface area contributed by atoms with Crippen LogP contribution in [-0.2, 0) is 11.3 Å². The zero-order valence-corrected chi connectivity index (χ0v) is 17.1. The lowest BCUT2D eigenvalue weighted by atomic mass is 9.95. The summed E-state index contributed by atoms with van der Waals surface area (Å²) in [6.45, 7) is 2.36. The first-order valence-electron chi connectivity index (χ1n) is 9.41. The van der Waals surface area contributed by atoms with Crippen molar-refractivity contribution in [1.29, 1.82) is 0 Å². The van der Waals surface area contributed by atoms with Crippen molar-refractivity contribution in [1.82, 2.24) is 0 Å². The molecule has 0 saturated heterocycles. The summed E-state index contributed by atoms with van der Waals surface area (Å²) < 4.78 is 19.1. The zero-order chi connectivity index (χ0) is 22.5. The maximum Gasteiger partial charge on any atom is 0.338 e. The summed E-state index contributed by atoms with van der Waals surface area (Å²) in [5.74, 6) is -3.13. The van der Waals surface area contributed by atoms with Gasteiger partial charge in [-0.2, -0.15) is 4.99 Å². The van der Waals surface area contributed by atoms with E-state index in [2.05, 4.69) is 4.99 Å². The van der Waals surface area contributed by atoms with Gasteiger partial charge < -0.3 is 15.6 Å². The molecule has 3 aromatic carbocycles. The normalized spacial score (nSPS) is 11.4. The molecule has 0 unspecified atom stereocenters. The number of nitrogens with zero attached hydrogens (tertiary/aromatic N) is 1. The van der Waals surface area contributed by atoms with Crippen LogP contribution in [0.2, 0.25) is 0 Å². The van der Waals surface area contributed by atoms with E-state index >= 15 is 0 Å². The molecule has 0 aliphatic rings. The fourth-order valence-corrected chi connectivity index (χ4v) is 3.25. The van der Waals surface area contributed by atoms with E-state index in [1.54, 1.807) is 19.2 Å². The van der Waals surface area contributed by atoms with Crippen LogP contribution in [0.15, 0.2) is 65.7 Å². The van der Waals surface area contributed by atoms with Crippen LogP contribution in [0, 0.1) is 12.7 Å². The molecule has 0 saturated carbocycles. The predicted molar refractivity (Wildman–Crippen MR) is 116 cm³/mol. The number of halogens is 1. The maximum absolute atomic E-state index is 13.9. The fourth-order valence-electron chi connectivity index (χ4n) is 3.25. The van der Waals surface area contributed by atoms with Crippen LogP contribution in [-0.4, -0.2) is 29.9 Å². The molecule has 3 N–H and O–H groups in total. The summed E-state index contributed by atoms with van der Waals surface area (Å²) in [4.78, 5) is 27.4. The molecule has 158 valence electrons. The number of aliphatic imine (C=N–C) groups is 1. The minimum absolute atomic E-state index is 0.123. The Kier molecular flexibility index (Phi) is 6.57. The van der Waals surface area contributed by atoms with Gasteiger partial charge in [0.2, 0.25) is 0 Å². The number of aryl methyl sites for hydroxylation is 1. The Balaban J connectivity index is 1.89. The molecule has 0 fully saturated rings. The van der Waals surface area contributed by atoms with Gasteiger partial charge in [0.25, 0.3) is 5.91 Å². The number of hydrogen-bond acceptors (Lipinski definition) is 3. The summed E-state index contributed by atoms with van der Waals surface area (Å²) in [6.07, 6.45) is 0. The van der Waals surface area contributed by atoms with Gasteiger partial charge in [-0.3, -0.25) is 4.79 Å². The predicted octanol–water partition coefficient (Wildman–Crippen LogP) is 4.19. The molecule has 3 aromatic rings. The molecule has 0 radical (unpaired) electrons. The van der Waals surface area contributed by atoms with Gasteiger partial charge in [-0.25, -0.2) is 9.18 Å². The highest BCUT2D eigenvalue weighted by molar-refractivity contribution is 6.09. The highest BCUT2D eigenvalue weighted by atomic mass is 19.1. The Morgan fingerprint density at radius 1 is 1.03 bits per heavy atom. The van der Waals surface area contributed by atoms with Gasteiger partial charge in [0, 0.05) is 18.2 Å². The van der Waals surface area contributed by atoms with Crippen LogP contribution in [0.3, 0.4) is 0 Å². The van der Waals surface area contributed by atoms with Gasteiger partial charge in [0.05, 0.1) is 12.2 Å². The van der Waals surface area contributed by atoms with Gasteiger partial charge in [0.15, 0.2) is 0 Å². The Labute approximate surface area is 178 Å². The molecule has 0 heterocycles. The third kappa shape index (κ3) is 4.84. The van der Waals surface area contributed by atoms with E-state index in [-0.39, 0.29) is 11.4 Å². The largest absolute Gasteiger partial charge is 0.478 e. The smallest absolute Gasteiger partial charge is 0.338 e. The SMILES string of the molecule is COCc1ccccc1-c1ccc(C(=O)N=C(N)c2ccc(C(=O)O)c(F)c2)cc1C. The highest BCUT2D eigenvalue weighted by Crippen LogP contribution is 2.28. The summed E-state index contributed by atoms with van der Waals surface area (Å²) >= 11 is 0. The number of nitrogens with two attached hydrogens (primary N) is 1. The van der Waals surface area contributed by atoms with Crippen LogP contribution in [0.25, 0.3) is 11.1 Å². The van der Waals surface area contributed by atoms with Gasteiger partial charge in [0.1, 0.15) is 11.7 Å². The molecule has 0 aliphatic carbocycles. The monoisotopic (exact) mass is 420 g/mol. The van der Waals surface area contributed by atoms with E-state index < -0.39 is 23.3 Å². The number of hydrogen-bond donors (Lipinski definition) is 2. The second-order valence-corrected chi connectivity index (χ2v) is 6.92. The first-order chi connectivity index (χ1) is 14.8. The third-order valence-corrected chi connectivity index (χ3v) is 4.80. The molecule has 0 bridgehead atoms. The third-order valence-electron chi connectivity index (χ3n) is 4.80. The molecule has 3 rings (SSSR count). The number of aromatic carboxylic acids is 1. The Bertz CT molecular complexity index is 1190. The fraction of sp³-hybridized carbons (Fsp3) is 0.125. The van der Waals surface area contributed by atoms with Crippen LogP contribution < -0.4 is 5.73 Å². The van der Waals surface area contributed by atoms with E-state index in [0.717, 1.165) is 34.4 Å². The number of amides is 1. The lowest BCUT2D eigenvalue weighted by Crippen LogP contribution is -2.17. The summed E-state index contributed by atoms with van der Waals surface area (Å²) in [5, 5.41) is 8.90. The van der Waals surface area contributed by atoms with Gasteiger partial charge in [-0.05, 0) is 53.4 Å². The molecule has 0 atom stereocenters. The number of carboxylic acid groups (broad SMARTS) is 1.